The van der Waals surface area contributed by atoms with Crippen LogP contribution in [0.15, 0.2) is 0 Å². The maximum Gasteiger partial charge on any atom is 0.243 e. The van der Waals surface area contributed by atoms with Crippen LogP contribution < -0.4 is 0 Å². The smallest absolute Gasteiger partial charge is 0.243 e. The van der Waals surface area contributed by atoms with Crippen molar-refractivity contribution in [1.29, 1.82) is 5.26 Å². The van der Waals surface area contributed by atoms with Crippen molar-refractivity contribution in [3.8, 4) is 6.07 Å². The first-order valence-corrected chi connectivity index (χ1v) is 7.24. The second-order valence-corrected chi connectivity index (χ2v) is 5.84. The molecule has 2 amide bonds. The molecule has 3 aliphatic heterocycles. The van der Waals surface area contributed by atoms with Crippen LogP contribution in [0.3, 0.4) is 0 Å². The second kappa shape index (κ2) is 5.06. The summed E-state index contributed by atoms with van der Waals surface area (Å²) in [5.41, 5.74) is -0.914. The van der Waals surface area contributed by atoms with E-state index in [9.17, 15) is 14.9 Å². The summed E-state index contributed by atoms with van der Waals surface area (Å²) in [6.07, 6.45) is 2.37. The highest BCUT2D eigenvalue weighted by Crippen LogP contribution is 2.33. The minimum atomic E-state index is -0.914. The Morgan fingerprint density at radius 1 is 1.35 bits per heavy atom. The molecule has 3 rings (SSSR count). The van der Waals surface area contributed by atoms with Gasteiger partial charge in [0, 0.05) is 45.3 Å². The van der Waals surface area contributed by atoms with Crippen molar-refractivity contribution < 1.29 is 14.3 Å². The number of ether oxygens (including phenoxy) is 1. The minimum absolute atomic E-state index is 0.0673. The second-order valence-electron chi connectivity index (χ2n) is 5.84. The quantitative estimate of drug-likeness (QED) is 0.683. The zero-order chi connectivity index (χ0) is 14.2. The van der Waals surface area contributed by atoms with Gasteiger partial charge in [0.15, 0.2) is 0 Å². The van der Waals surface area contributed by atoms with Crippen LogP contribution in [0.2, 0.25) is 0 Å². The van der Waals surface area contributed by atoms with Crippen molar-refractivity contribution in [2.75, 3.05) is 32.8 Å². The summed E-state index contributed by atoms with van der Waals surface area (Å²) in [6, 6.07) is 2.38. The first-order chi connectivity index (χ1) is 9.66. The van der Waals surface area contributed by atoms with Gasteiger partial charge in [-0.3, -0.25) is 9.59 Å². The van der Waals surface area contributed by atoms with Crippen LogP contribution in [-0.2, 0) is 14.3 Å². The van der Waals surface area contributed by atoms with E-state index in [-0.39, 0.29) is 17.9 Å². The topological polar surface area (TPSA) is 73.6 Å². The van der Waals surface area contributed by atoms with E-state index in [1.807, 2.05) is 4.90 Å². The molecule has 3 fully saturated rings. The van der Waals surface area contributed by atoms with Crippen LogP contribution in [0, 0.1) is 16.7 Å². The molecule has 1 unspecified atom stereocenters. The van der Waals surface area contributed by atoms with Crippen LogP contribution in [0.1, 0.15) is 25.7 Å². The van der Waals surface area contributed by atoms with E-state index in [4.69, 9.17) is 4.74 Å². The van der Waals surface area contributed by atoms with Gasteiger partial charge in [0.1, 0.15) is 5.41 Å². The average molecular weight is 277 g/mol. The molecule has 0 aromatic heterocycles. The standard InChI is InChI=1S/C14H19N3O3/c15-10-14(3-7-20-8-4-14)13(19)16-5-6-17-11(9-16)1-2-12(17)18/h11H,1-9H2. The Morgan fingerprint density at radius 3 is 2.80 bits per heavy atom. The maximum atomic E-state index is 12.7. The number of amides is 2. The first-order valence-electron chi connectivity index (χ1n) is 7.24. The van der Waals surface area contributed by atoms with Crippen LogP contribution in [-0.4, -0.2) is 60.5 Å². The van der Waals surface area contributed by atoms with Gasteiger partial charge in [0.05, 0.1) is 6.07 Å². The van der Waals surface area contributed by atoms with Gasteiger partial charge in [-0.25, -0.2) is 0 Å². The molecule has 0 bridgehead atoms. The Balaban J connectivity index is 1.72. The third-order valence-electron chi connectivity index (χ3n) is 4.75. The molecule has 0 N–H and O–H groups in total. The Morgan fingerprint density at radius 2 is 2.10 bits per heavy atom. The fourth-order valence-electron chi connectivity index (χ4n) is 3.44. The van der Waals surface area contributed by atoms with Gasteiger partial charge >= 0.3 is 0 Å². The van der Waals surface area contributed by atoms with Crippen molar-refractivity contribution in [2.24, 2.45) is 5.41 Å². The molecule has 3 aliphatic rings. The van der Waals surface area contributed by atoms with Gasteiger partial charge < -0.3 is 14.5 Å². The molecule has 0 spiro atoms. The van der Waals surface area contributed by atoms with Crippen molar-refractivity contribution in [3.05, 3.63) is 0 Å². The summed E-state index contributed by atoms with van der Waals surface area (Å²) < 4.78 is 5.27. The van der Waals surface area contributed by atoms with Gasteiger partial charge in [-0.2, -0.15) is 5.26 Å². The number of rotatable bonds is 1. The van der Waals surface area contributed by atoms with Crippen LogP contribution in [0.5, 0.6) is 0 Å². The molecule has 6 heteroatoms. The largest absolute Gasteiger partial charge is 0.381 e. The number of carbonyl (C=O) groups excluding carboxylic acids is 2. The number of piperazine rings is 1. The third-order valence-corrected chi connectivity index (χ3v) is 4.75. The summed E-state index contributed by atoms with van der Waals surface area (Å²) in [6.45, 7) is 2.68. The van der Waals surface area contributed by atoms with E-state index in [0.717, 1.165) is 6.42 Å². The molecule has 3 heterocycles. The molecule has 0 aliphatic carbocycles. The number of nitriles is 1. The van der Waals surface area contributed by atoms with E-state index >= 15 is 0 Å². The molecule has 0 aromatic carbocycles. The van der Waals surface area contributed by atoms with Crippen LogP contribution in [0.4, 0.5) is 0 Å². The summed E-state index contributed by atoms with van der Waals surface area (Å²) in [5.74, 6) is 0.130. The van der Waals surface area contributed by atoms with Gasteiger partial charge in [-0.05, 0) is 19.3 Å². The molecule has 3 saturated heterocycles. The molecule has 0 saturated carbocycles. The first kappa shape index (κ1) is 13.4. The van der Waals surface area contributed by atoms with Crippen LogP contribution >= 0.6 is 0 Å². The van der Waals surface area contributed by atoms with Crippen molar-refractivity contribution in [3.63, 3.8) is 0 Å². The lowest BCUT2D eigenvalue weighted by Gasteiger charge is -2.41. The summed E-state index contributed by atoms with van der Waals surface area (Å²) >= 11 is 0. The molecule has 108 valence electrons. The summed E-state index contributed by atoms with van der Waals surface area (Å²) in [7, 11) is 0. The Labute approximate surface area is 118 Å². The lowest BCUT2D eigenvalue weighted by Crippen LogP contribution is -2.57. The minimum Gasteiger partial charge on any atom is -0.381 e. The highest BCUT2D eigenvalue weighted by atomic mass is 16.5. The molecule has 0 radical (unpaired) electrons. The van der Waals surface area contributed by atoms with Gasteiger partial charge in [0.2, 0.25) is 11.8 Å². The molecular weight excluding hydrogens is 258 g/mol. The third kappa shape index (κ3) is 2.06. The van der Waals surface area contributed by atoms with E-state index in [0.29, 0.717) is 52.1 Å². The Bertz CT molecular complexity index is 465. The Hall–Kier alpha value is -1.61. The van der Waals surface area contributed by atoms with Gasteiger partial charge in [0.25, 0.3) is 0 Å². The SMILES string of the molecule is N#CC1(C(=O)N2CCN3C(=O)CCC3C2)CCOCC1. The predicted molar refractivity (Wildman–Crippen MR) is 69.4 cm³/mol. The van der Waals surface area contributed by atoms with E-state index in [1.165, 1.54) is 0 Å². The van der Waals surface area contributed by atoms with Gasteiger partial charge in [-0.15, -0.1) is 0 Å². The summed E-state index contributed by atoms with van der Waals surface area (Å²) in [5, 5.41) is 9.45. The zero-order valence-electron chi connectivity index (χ0n) is 11.5. The van der Waals surface area contributed by atoms with E-state index in [1.54, 1.807) is 4.90 Å². The number of carbonyl (C=O) groups is 2. The fraction of sp³-hybridized carbons (Fsp3) is 0.786. The van der Waals surface area contributed by atoms with E-state index in [2.05, 4.69) is 6.07 Å². The summed E-state index contributed by atoms with van der Waals surface area (Å²) in [4.78, 5) is 28.0. The molecule has 1 atom stereocenters. The van der Waals surface area contributed by atoms with Crippen molar-refractivity contribution in [1.82, 2.24) is 9.80 Å². The average Bonchev–Trinajstić information content (AvgIpc) is 2.88. The molecule has 6 nitrogen and oxygen atoms in total. The normalized spacial score (nSPS) is 28.9. The van der Waals surface area contributed by atoms with Crippen LogP contribution in [0.25, 0.3) is 0 Å². The highest BCUT2D eigenvalue weighted by Gasteiger charge is 2.46. The lowest BCUT2D eigenvalue weighted by atomic mass is 9.80. The lowest BCUT2D eigenvalue weighted by molar-refractivity contribution is -0.148. The molecule has 0 aromatic rings. The Kier molecular flexibility index (Phi) is 3.38. The molecular formula is C14H19N3O3. The maximum absolute atomic E-state index is 12.7. The zero-order valence-corrected chi connectivity index (χ0v) is 11.5. The highest BCUT2D eigenvalue weighted by molar-refractivity contribution is 5.86. The monoisotopic (exact) mass is 277 g/mol. The van der Waals surface area contributed by atoms with Gasteiger partial charge in [-0.1, -0.05) is 0 Å². The number of fused-ring (bicyclic) bond motifs is 1. The van der Waals surface area contributed by atoms with Crippen molar-refractivity contribution >= 4 is 11.8 Å². The fourth-order valence-corrected chi connectivity index (χ4v) is 3.44. The number of nitrogens with zero attached hydrogens (tertiary/aromatic N) is 3. The predicted octanol–water partition coefficient (Wildman–Crippen LogP) is 0.140. The van der Waals surface area contributed by atoms with E-state index < -0.39 is 5.41 Å². The number of hydrogen-bond donors (Lipinski definition) is 0. The number of hydrogen-bond acceptors (Lipinski definition) is 4. The van der Waals surface area contributed by atoms with Crippen molar-refractivity contribution in [2.45, 2.75) is 31.7 Å². The molecule has 20 heavy (non-hydrogen) atoms.